The number of benzene rings is 1. The summed E-state index contributed by atoms with van der Waals surface area (Å²) in [6.45, 7) is 4.58. The average molecular weight is 263 g/mol. The number of likely N-dealkylation sites (N-methyl/N-ethyl adjacent to an activating group) is 1. The summed E-state index contributed by atoms with van der Waals surface area (Å²) in [7, 11) is 3.99. The zero-order chi connectivity index (χ0) is 14.4. The second-order valence-corrected chi connectivity index (χ2v) is 5.28. The van der Waals surface area contributed by atoms with Crippen LogP contribution in [0.2, 0.25) is 0 Å². The van der Waals surface area contributed by atoms with Crippen LogP contribution < -0.4 is 11.1 Å². The number of nitrogens with zero attached hydrogens (tertiary/aromatic N) is 1. The maximum Gasteiger partial charge on any atom is 0.224 e. The Morgan fingerprint density at radius 2 is 1.84 bits per heavy atom. The van der Waals surface area contributed by atoms with E-state index in [1.807, 2.05) is 51.4 Å². The Hall–Kier alpha value is -1.39. The van der Waals surface area contributed by atoms with Gasteiger partial charge in [-0.15, -0.1) is 0 Å². The first kappa shape index (κ1) is 15.7. The van der Waals surface area contributed by atoms with Gasteiger partial charge in [0.1, 0.15) is 0 Å². The number of nitrogens with one attached hydrogen (secondary N) is 1. The molecule has 0 spiro atoms. The number of hydrogen-bond acceptors (Lipinski definition) is 3. The van der Waals surface area contributed by atoms with E-state index in [1.165, 1.54) is 0 Å². The van der Waals surface area contributed by atoms with E-state index in [0.717, 1.165) is 5.56 Å². The minimum atomic E-state index is -0.268. The molecule has 0 saturated carbocycles. The fourth-order valence-corrected chi connectivity index (χ4v) is 1.72. The minimum Gasteiger partial charge on any atom is -0.354 e. The van der Waals surface area contributed by atoms with E-state index in [0.29, 0.717) is 12.6 Å². The smallest absolute Gasteiger partial charge is 0.224 e. The maximum absolute atomic E-state index is 12.1. The van der Waals surface area contributed by atoms with Gasteiger partial charge in [-0.2, -0.15) is 0 Å². The lowest BCUT2D eigenvalue weighted by atomic mass is 9.94. The summed E-state index contributed by atoms with van der Waals surface area (Å²) in [5.41, 5.74) is 7.13. The molecule has 1 rings (SSSR count). The van der Waals surface area contributed by atoms with Gasteiger partial charge in [-0.25, -0.2) is 0 Å². The quantitative estimate of drug-likeness (QED) is 0.815. The molecule has 0 radical (unpaired) electrons. The van der Waals surface area contributed by atoms with Gasteiger partial charge >= 0.3 is 0 Å². The van der Waals surface area contributed by atoms with Gasteiger partial charge in [0.25, 0.3) is 0 Å². The van der Waals surface area contributed by atoms with Crippen LogP contribution in [0.4, 0.5) is 0 Å². The molecule has 1 amide bonds. The lowest BCUT2D eigenvalue weighted by Gasteiger charge is -2.23. The van der Waals surface area contributed by atoms with Crippen LogP contribution in [0.25, 0.3) is 0 Å². The predicted octanol–water partition coefficient (Wildman–Crippen LogP) is 1.39. The largest absolute Gasteiger partial charge is 0.354 e. The van der Waals surface area contributed by atoms with Crippen molar-refractivity contribution in [1.29, 1.82) is 0 Å². The average Bonchev–Trinajstić information content (AvgIpc) is 2.43. The number of nitrogens with two attached hydrogens (primary N) is 1. The molecule has 0 aromatic heterocycles. The SMILES string of the molecule is CC(C(=O)NCC(C)N(C)C)C(N)c1ccccc1. The van der Waals surface area contributed by atoms with Crippen molar-refractivity contribution < 1.29 is 4.79 Å². The van der Waals surface area contributed by atoms with Crippen LogP contribution in [-0.2, 0) is 4.79 Å². The van der Waals surface area contributed by atoms with E-state index in [-0.39, 0.29) is 17.9 Å². The van der Waals surface area contributed by atoms with Crippen LogP contribution in [0, 0.1) is 5.92 Å². The molecule has 0 fully saturated rings. The molecule has 0 aliphatic carbocycles. The van der Waals surface area contributed by atoms with Crippen LogP contribution in [0.3, 0.4) is 0 Å². The molecule has 1 aromatic carbocycles. The van der Waals surface area contributed by atoms with E-state index in [9.17, 15) is 4.79 Å². The first-order valence-corrected chi connectivity index (χ1v) is 6.68. The van der Waals surface area contributed by atoms with E-state index >= 15 is 0 Å². The highest BCUT2D eigenvalue weighted by Crippen LogP contribution is 2.18. The fraction of sp³-hybridized carbons (Fsp3) is 0.533. The molecule has 19 heavy (non-hydrogen) atoms. The third-order valence-corrected chi connectivity index (χ3v) is 3.59. The number of hydrogen-bond donors (Lipinski definition) is 2. The summed E-state index contributed by atoms with van der Waals surface area (Å²) in [6.07, 6.45) is 0. The summed E-state index contributed by atoms with van der Waals surface area (Å²) in [6, 6.07) is 9.77. The second kappa shape index (κ2) is 7.26. The molecule has 4 heteroatoms. The molecule has 1 aromatic rings. The Bertz CT molecular complexity index is 392. The number of carbonyl (C=O) groups is 1. The topological polar surface area (TPSA) is 58.4 Å². The molecular weight excluding hydrogens is 238 g/mol. The van der Waals surface area contributed by atoms with Gasteiger partial charge in [0.15, 0.2) is 0 Å². The molecule has 106 valence electrons. The van der Waals surface area contributed by atoms with Gasteiger partial charge in [-0.1, -0.05) is 37.3 Å². The third-order valence-electron chi connectivity index (χ3n) is 3.59. The molecule has 4 nitrogen and oxygen atoms in total. The lowest BCUT2D eigenvalue weighted by Crippen LogP contribution is -2.42. The van der Waals surface area contributed by atoms with Crippen molar-refractivity contribution in [2.75, 3.05) is 20.6 Å². The Morgan fingerprint density at radius 1 is 1.26 bits per heavy atom. The molecule has 0 saturated heterocycles. The van der Waals surface area contributed by atoms with E-state index in [4.69, 9.17) is 5.73 Å². The van der Waals surface area contributed by atoms with Crippen molar-refractivity contribution in [1.82, 2.24) is 10.2 Å². The van der Waals surface area contributed by atoms with Gasteiger partial charge in [-0.3, -0.25) is 4.79 Å². The lowest BCUT2D eigenvalue weighted by molar-refractivity contribution is -0.125. The van der Waals surface area contributed by atoms with E-state index in [2.05, 4.69) is 17.1 Å². The number of rotatable bonds is 6. The first-order valence-electron chi connectivity index (χ1n) is 6.68. The van der Waals surface area contributed by atoms with Gasteiger partial charge in [0, 0.05) is 18.6 Å². The number of amides is 1. The van der Waals surface area contributed by atoms with Crippen LogP contribution in [-0.4, -0.2) is 37.5 Å². The van der Waals surface area contributed by atoms with Crippen molar-refractivity contribution in [3.8, 4) is 0 Å². The highest BCUT2D eigenvalue weighted by Gasteiger charge is 2.22. The van der Waals surface area contributed by atoms with E-state index in [1.54, 1.807) is 0 Å². The minimum absolute atomic E-state index is 0.00468. The molecule has 3 atom stereocenters. The first-order chi connectivity index (χ1) is 8.93. The van der Waals surface area contributed by atoms with E-state index < -0.39 is 0 Å². The molecular formula is C15H25N3O. The monoisotopic (exact) mass is 263 g/mol. The van der Waals surface area contributed by atoms with Crippen molar-refractivity contribution in [2.45, 2.75) is 25.9 Å². The Labute approximate surface area is 116 Å². The summed E-state index contributed by atoms with van der Waals surface area (Å²) in [5, 5.41) is 2.95. The van der Waals surface area contributed by atoms with Crippen molar-refractivity contribution in [2.24, 2.45) is 11.7 Å². The summed E-state index contributed by atoms with van der Waals surface area (Å²) < 4.78 is 0. The second-order valence-electron chi connectivity index (χ2n) is 5.28. The molecule has 0 bridgehead atoms. The van der Waals surface area contributed by atoms with Crippen LogP contribution in [0.5, 0.6) is 0 Å². The van der Waals surface area contributed by atoms with Crippen LogP contribution >= 0.6 is 0 Å². The zero-order valence-electron chi connectivity index (χ0n) is 12.3. The van der Waals surface area contributed by atoms with Crippen LogP contribution in [0.1, 0.15) is 25.5 Å². The number of carbonyl (C=O) groups excluding carboxylic acids is 1. The summed E-state index contributed by atoms with van der Waals surface area (Å²) in [4.78, 5) is 14.1. The van der Waals surface area contributed by atoms with Gasteiger partial charge in [0.2, 0.25) is 5.91 Å². The van der Waals surface area contributed by atoms with Crippen molar-refractivity contribution in [3.63, 3.8) is 0 Å². The highest BCUT2D eigenvalue weighted by molar-refractivity contribution is 5.79. The normalized spacial score (nSPS) is 15.9. The van der Waals surface area contributed by atoms with Gasteiger partial charge < -0.3 is 16.0 Å². The molecule has 3 N–H and O–H groups in total. The molecule has 3 unspecified atom stereocenters. The Kier molecular flexibility index (Phi) is 5.99. The summed E-state index contributed by atoms with van der Waals surface area (Å²) in [5.74, 6) is -0.234. The van der Waals surface area contributed by atoms with Crippen LogP contribution in [0.15, 0.2) is 30.3 Å². The highest BCUT2D eigenvalue weighted by atomic mass is 16.1. The molecule has 0 heterocycles. The van der Waals surface area contributed by atoms with Gasteiger partial charge in [-0.05, 0) is 26.6 Å². The summed E-state index contributed by atoms with van der Waals surface area (Å²) >= 11 is 0. The van der Waals surface area contributed by atoms with Crippen molar-refractivity contribution in [3.05, 3.63) is 35.9 Å². The maximum atomic E-state index is 12.1. The fourth-order valence-electron chi connectivity index (χ4n) is 1.72. The van der Waals surface area contributed by atoms with Gasteiger partial charge in [0.05, 0.1) is 5.92 Å². The predicted molar refractivity (Wildman–Crippen MR) is 78.7 cm³/mol. The zero-order valence-corrected chi connectivity index (χ0v) is 12.3. The Morgan fingerprint density at radius 3 is 2.37 bits per heavy atom. The molecule has 0 aliphatic rings. The molecule has 0 aliphatic heterocycles. The van der Waals surface area contributed by atoms with Crippen molar-refractivity contribution >= 4 is 5.91 Å². The Balaban J connectivity index is 2.53. The third kappa shape index (κ3) is 4.65. The standard InChI is InChI=1S/C15H25N3O/c1-11(18(3)4)10-17-15(19)12(2)14(16)13-8-6-5-7-9-13/h5-9,11-12,14H,10,16H2,1-4H3,(H,17,19).